The summed E-state index contributed by atoms with van der Waals surface area (Å²) in [5.41, 5.74) is 5.20. The molecule has 2 aromatic carbocycles. The summed E-state index contributed by atoms with van der Waals surface area (Å²) in [6.45, 7) is 2.08. The van der Waals surface area contributed by atoms with E-state index in [0.29, 0.717) is 0 Å². The molecule has 0 N–H and O–H groups in total. The molecule has 0 fully saturated rings. The Morgan fingerprint density at radius 1 is 0.609 bits per heavy atom. The van der Waals surface area contributed by atoms with Gasteiger partial charge in [-0.05, 0) is 55.2 Å². The van der Waals surface area contributed by atoms with E-state index in [-0.39, 0.29) is 0 Å². The third kappa shape index (κ3) is 3.73. The van der Waals surface area contributed by atoms with Crippen molar-refractivity contribution in [1.29, 1.82) is 0 Å². The predicted octanol–water partition coefficient (Wildman–Crippen LogP) is 4.13. The van der Waals surface area contributed by atoms with Gasteiger partial charge >= 0.3 is 0 Å². The van der Waals surface area contributed by atoms with Crippen LogP contribution in [0.25, 0.3) is 0 Å². The Morgan fingerprint density at radius 2 is 1.13 bits per heavy atom. The summed E-state index contributed by atoms with van der Waals surface area (Å²) in [4.78, 5) is 0. The van der Waals surface area contributed by atoms with Gasteiger partial charge in [-0.3, -0.25) is 0 Å². The molecule has 0 radical (unpaired) electrons. The van der Waals surface area contributed by atoms with E-state index in [4.69, 9.17) is 0 Å². The SMILES string of the molecule is Cc1ccc(C#Cc2ccc(C#Cc3ccccc3)n2C)cc1. The first-order valence-electron chi connectivity index (χ1n) is 7.54. The highest BCUT2D eigenvalue weighted by Crippen LogP contribution is 2.07. The van der Waals surface area contributed by atoms with Crippen molar-refractivity contribution in [3.8, 4) is 23.7 Å². The standard InChI is InChI=1S/C22H17N/c1-18-8-10-20(11-9-18)13-15-22-17-16-21(23(22)2)14-12-19-6-4-3-5-7-19/h3-11,16-17H,1-2H3. The second-order valence-electron chi connectivity index (χ2n) is 5.39. The minimum Gasteiger partial charge on any atom is -0.331 e. The van der Waals surface area contributed by atoms with Crippen LogP contribution in [0.2, 0.25) is 0 Å². The van der Waals surface area contributed by atoms with Crippen molar-refractivity contribution in [2.24, 2.45) is 7.05 Å². The van der Waals surface area contributed by atoms with Gasteiger partial charge in [0.2, 0.25) is 0 Å². The van der Waals surface area contributed by atoms with E-state index in [2.05, 4.69) is 42.7 Å². The second-order valence-corrected chi connectivity index (χ2v) is 5.39. The zero-order valence-electron chi connectivity index (χ0n) is 13.3. The molecule has 1 aromatic heterocycles. The number of benzene rings is 2. The van der Waals surface area contributed by atoms with Gasteiger partial charge in [0, 0.05) is 18.2 Å². The molecule has 0 aliphatic carbocycles. The molecule has 0 saturated carbocycles. The van der Waals surface area contributed by atoms with E-state index in [9.17, 15) is 0 Å². The van der Waals surface area contributed by atoms with Crippen LogP contribution in [0.5, 0.6) is 0 Å². The Balaban J connectivity index is 1.83. The van der Waals surface area contributed by atoms with Gasteiger partial charge in [0.05, 0.1) is 11.4 Å². The van der Waals surface area contributed by atoms with E-state index in [0.717, 1.165) is 22.5 Å². The van der Waals surface area contributed by atoms with Crippen LogP contribution in [-0.2, 0) is 7.05 Å². The van der Waals surface area contributed by atoms with Gasteiger partial charge < -0.3 is 4.57 Å². The first-order chi connectivity index (χ1) is 11.2. The summed E-state index contributed by atoms with van der Waals surface area (Å²) in [5.74, 6) is 12.8. The van der Waals surface area contributed by atoms with E-state index in [1.54, 1.807) is 0 Å². The van der Waals surface area contributed by atoms with Crippen LogP contribution in [0.1, 0.15) is 28.1 Å². The molecule has 3 rings (SSSR count). The Morgan fingerprint density at radius 3 is 1.70 bits per heavy atom. The van der Waals surface area contributed by atoms with Crippen LogP contribution in [0, 0.1) is 30.6 Å². The number of nitrogens with zero attached hydrogens (tertiary/aromatic N) is 1. The Labute approximate surface area is 137 Å². The lowest BCUT2D eigenvalue weighted by molar-refractivity contribution is 0.896. The molecule has 0 aliphatic heterocycles. The van der Waals surface area contributed by atoms with Gasteiger partial charge in [0.15, 0.2) is 0 Å². The lowest BCUT2D eigenvalue weighted by atomic mass is 10.1. The average molecular weight is 295 g/mol. The molecule has 0 bridgehead atoms. The molecule has 23 heavy (non-hydrogen) atoms. The van der Waals surface area contributed by atoms with Gasteiger partial charge in [-0.25, -0.2) is 0 Å². The summed E-state index contributed by atoms with van der Waals surface area (Å²) in [6.07, 6.45) is 0. The van der Waals surface area contributed by atoms with Crippen molar-refractivity contribution >= 4 is 0 Å². The van der Waals surface area contributed by atoms with Crippen LogP contribution >= 0.6 is 0 Å². The number of rotatable bonds is 0. The maximum Gasteiger partial charge on any atom is 0.0930 e. The largest absolute Gasteiger partial charge is 0.331 e. The fourth-order valence-corrected chi connectivity index (χ4v) is 2.19. The zero-order valence-corrected chi connectivity index (χ0v) is 13.3. The smallest absolute Gasteiger partial charge is 0.0930 e. The molecule has 0 saturated heterocycles. The molecule has 1 heterocycles. The quantitative estimate of drug-likeness (QED) is 0.549. The van der Waals surface area contributed by atoms with Crippen LogP contribution in [0.15, 0.2) is 66.7 Å². The Bertz CT molecular complexity index is 921. The molecule has 0 amide bonds. The molecular formula is C22H17N. The Kier molecular flexibility index (Phi) is 4.32. The van der Waals surface area contributed by atoms with Crippen molar-refractivity contribution in [2.75, 3.05) is 0 Å². The molecule has 0 unspecified atom stereocenters. The van der Waals surface area contributed by atoms with E-state index >= 15 is 0 Å². The number of aryl methyl sites for hydroxylation is 1. The van der Waals surface area contributed by atoms with Crippen molar-refractivity contribution < 1.29 is 0 Å². The van der Waals surface area contributed by atoms with Gasteiger partial charge in [-0.15, -0.1) is 0 Å². The third-order valence-corrected chi connectivity index (χ3v) is 3.62. The maximum atomic E-state index is 3.21. The summed E-state index contributed by atoms with van der Waals surface area (Å²) < 4.78 is 2.02. The van der Waals surface area contributed by atoms with Gasteiger partial charge in [0.25, 0.3) is 0 Å². The third-order valence-electron chi connectivity index (χ3n) is 3.62. The van der Waals surface area contributed by atoms with Crippen molar-refractivity contribution in [2.45, 2.75) is 6.92 Å². The first-order valence-corrected chi connectivity index (χ1v) is 7.54. The zero-order chi connectivity index (χ0) is 16.1. The normalized spacial score (nSPS) is 9.48. The molecular weight excluding hydrogens is 278 g/mol. The minimum atomic E-state index is 0.960. The second kappa shape index (κ2) is 6.73. The summed E-state index contributed by atoms with van der Waals surface area (Å²) in [5, 5.41) is 0. The number of hydrogen-bond donors (Lipinski definition) is 0. The fourth-order valence-electron chi connectivity index (χ4n) is 2.19. The van der Waals surface area contributed by atoms with E-state index in [1.165, 1.54) is 5.56 Å². The van der Waals surface area contributed by atoms with Gasteiger partial charge in [-0.1, -0.05) is 47.7 Å². The van der Waals surface area contributed by atoms with Crippen LogP contribution < -0.4 is 0 Å². The van der Waals surface area contributed by atoms with Crippen LogP contribution in [-0.4, -0.2) is 4.57 Å². The highest BCUT2D eigenvalue weighted by Gasteiger charge is 1.99. The van der Waals surface area contributed by atoms with Crippen molar-refractivity contribution in [1.82, 2.24) is 4.57 Å². The topological polar surface area (TPSA) is 4.93 Å². The van der Waals surface area contributed by atoms with Crippen LogP contribution in [0.4, 0.5) is 0 Å². The van der Waals surface area contributed by atoms with Gasteiger partial charge in [-0.2, -0.15) is 0 Å². The van der Waals surface area contributed by atoms with Crippen molar-refractivity contribution in [3.63, 3.8) is 0 Å². The molecule has 0 spiro atoms. The highest BCUT2D eigenvalue weighted by atomic mass is 14.9. The maximum absolute atomic E-state index is 3.21. The van der Waals surface area contributed by atoms with Crippen molar-refractivity contribution in [3.05, 3.63) is 94.8 Å². The summed E-state index contributed by atoms with van der Waals surface area (Å²) in [7, 11) is 1.99. The molecule has 1 nitrogen and oxygen atoms in total. The molecule has 110 valence electrons. The predicted molar refractivity (Wildman–Crippen MR) is 95.0 cm³/mol. The summed E-state index contributed by atoms with van der Waals surface area (Å²) >= 11 is 0. The highest BCUT2D eigenvalue weighted by molar-refractivity contribution is 5.46. The first kappa shape index (κ1) is 14.8. The number of aromatic nitrogens is 1. The lowest BCUT2D eigenvalue weighted by Gasteiger charge is -1.97. The minimum absolute atomic E-state index is 0.960. The molecule has 1 heteroatoms. The van der Waals surface area contributed by atoms with E-state index in [1.807, 2.05) is 66.2 Å². The summed E-state index contributed by atoms with van der Waals surface area (Å²) in [6, 6.07) is 22.3. The van der Waals surface area contributed by atoms with Crippen LogP contribution in [0.3, 0.4) is 0 Å². The average Bonchev–Trinajstić information content (AvgIpc) is 2.93. The lowest BCUT2D eigenvalue weighted by Crippen LogP contribution is -1.94. The van der Waals surface area contributed by atoms with E-state index < -0.39 is 0 Å². The number of hydrogen-bond acceptors (Lipinski definition) is 0. The monoisotopic (exact) mass is 295 g/mol. The molecule has 0 atom stereocenters. The van der Waals surface area contributed by atoms with Gasteiger partial charge in [0.1, 0.15) is 0 Å². The fraction of sp³-hybridized carbons (Fsp3) is 0.0909. The molecule has 3 aromatic rings. The Hall–Kier alpha value is -3.16. The molecule has 0 aliphatic rings.